The van der Waals surface area contributed by atoms with E-state index in [9.17, 15) is 13.6 Å². The molecule has 109 valence electrons. The molecule has 1 fully saturated rings. The van der Waals surface area contributed by atoms with Crippen molar-refractivity contribution in [1.82, 2.24) is 5.32 Å². The van der Waals surface area contributed by atoms with Gasteiger partial charge < -0.3 is 10.1 Å². The van der Waals surface area contributed by atoms with Gasteiger partial charge in [0.25, 0.3) is 0 Å². The van der Waals surface area contributed by atoms with Crippen LogP contribution in [0.1, 0.15) is 24.8 Å². The van der Waals surface area contributed by atoms with Crippen molar-refractivity contribution in [3.63, 3.8) is 0 Å². The van der Waals surface area contributed by atoms with E-state index < -0.39 is 5.92 Å². The highest BCUT2D eigenvalue weighted by atomic mass is 19.3. The fraction of sp³-hybridized carbons (Fsp3) is 0.467. The third kappa shape index (κ3) is 4.89. The second-order valence-corrected chi connectivity index (χ2v) is 5.11. The van der Waals surface area contributed by atoms with Gasteiger partial charge in [0.1, 0.15) is 0 Å². The number of nitrogens with one attached hydrogen (secondary N) is 1. The molecule has 1 aliphatic carbocycles. The van der Waals surface area contributed by atoms with Crippen molar-refractivity contribution in [2.75, 3.05) is 6.61 Å². The molecule has 2 rings (SSSR count). The monoisotopic (exact) mass is 282 g/mol. The minimum absolute atomic E-state index is 0.158. The van der Waals surface area contributed by atoms with E-state index in [1.54, 1.807) is 0 Å². The molecule has 1 aliphatic rings. The molecular formula is C15H18F2NO2. The summed E-state index contributed by atoms with van der Waals surface area (Å²) in [4.78, 5) is 11.4. The van der Waals surface area contributed by atoms with Crippen molar-refractivity contribution in [1.29, 1.82) is 0 Å². The van der Waals surface area contributed by atoms with Gasteiger partial charge in [-0.05, 0) is 11.5 Å². The highest BCUT2D eigenvalue weighted by Gasteiger charge is 2.45. The molecule has 1 radical (unpaired) electrons. The van der Waals surface area contributed by atoms with Crippen molar-refractivity contribution >= 4 is 5.91 Å². The number of ether oxygens (including phenoxy) is 1. The van der Waals surface area contributed by atoms with Crippen LogP contribution in [0.5, 0.6) is 0 Å². The van der Waals surface area contributed by atoms with E-state index in [2.05, 4.69) is 5.32 Å². The van der Waals surface area contributed by atoms with Gasteiger partial charge in [-0.2, -0.15) is 0 Å². The first-order chi connectivity index (χ1) is 9.55. The third-order valence-electron chi connectivity index (χ3n) is 3.22. The van der Waals surface area contributed by atoms with E-state index >= 15 is 0 Å². The molecule has 0 bridgehead atoms. The standard InChI is InChI=1S/C15H18F2NO2/c16-15(17)9-13(10-15)8-14(19)18-6-7-20-11-12-4-2-1-3-5-12/h1-6,13H,7-11H2,(H,18,19). The Morgan fingerprint density at radius 1 is 1.35 bits per heavy atom. The zero-order valence-corrected chi connectivity index (χ0v) is 11.1. The van der Waals surface area contributed by atoms with Crippen molar-refractivity contribution in [2.24, 2.45) is 5.92 Å². The average Bonchev–Trinajstić information content (AvgIpc) is 2.37. The minimum atomic E-state index is -2.56. The summed E-state index contributed by atoms with van der Waals surface area (Å²) in [5.41, 5.74) is 1.06. The van der Waals surface area contributed by atoms with Gasteiger partial charge in [-0.3, -0.25) is 4.79 Å². The van der Waals surface area contributed by atoms with Gasteiger partial charge in [-0.1, -0.05) is 30.3 Å². The lowest BCUT2D eigenvalue weighted by molar-refractivity contribution is -0.133. The highest BCUT2D eigenvalue weighted by molar-refractivity contribution is 5.76. The smallest absolute Gasteiger partial charge is 0.248 e. The number of hydrogen-bond donors (Lipinski definition) is 1. The fourth-order valence-corrected chi connectivity index (χ4v) is 2.22. The molecule has 1 amide bonds. The van der Waals surface area contributed by atoms with Crippen molar-refractivity contribution in [2.45, 2.75) is 31.8 Å². The molecule has 0 aliphatic heterocycles. The van der Waals surface area contributed by atoms with Crippen LogP contribution in [0.15, 0.2) is 30.3 Å². The van der Waals surface area contributed by atoms with E-state index in [1.165, 1.54) is 6.54 Å². The Kier molecular flexibility index (Phi) is 5.06. The minimum Gasteiger partial charge on any atom is -0.375 e. The fourth-order valence-electron chi connectivity index (χ4n) is 2.22. The third-order valence-corrected chi connectivity index (χ3v) is 3.22. The highest BCUT2D eigenvalue weighted by Crippen LogP contribution is 2.43. The van der Waals surface area contributed by atoms with E-state index in [0.29, 0.717) is 13.2 Å². The molecule has 0 atom stereocenters. The van der Waals surface area contributed by atoms with Gasteiger partial charge >= 0.3 is 0 Å². The Morgan fingerprint density at radius 3 is 2.70 bits per heavy atom. The number of benzene rings is 1. The van der Waals surface area contributed by atoms with Crippen LogP contribution in [-0.2, 0) is 16.1 Å². The molecule has 0 aromatic heterocycles. The maximum Gasteiger partial charge on any atom is 0.248 e. The normalized spacial score (nSPS) is 17.5. The first kappa shape index (κ1) is 14.9. The lowest BCUT2D eigenvalue weighted by atomic mass is 9.79. The van der Waals surface area contributed by atoms with Crippen LogP contribution in [0.2, 0.25) is 0 Å². The molecule has 1 aromatic carbocycles. The topological polar surface area (TPSA) is 38.3 Å². The number of amides is 1. The van der Waals surface area contributed by atoms with Crippen molar-refractivity contribution in [3.05, 3.63) is 42.4 Å². The molecule has 1 aromatic rings. The molecule has 0 heterocycles. The second-order valence-electron chi connectivity index (χ2n) is 5.11. The summed E-state index contributed by atoms with van der Waals surface area (Å²) in [7, 11) is 0. The number of hydrogen-bond acceptors (Lipinski definition) is 2. The van der Waals surface area contributed by atoms with Gasteiger partial charge in [0.15, 0.2) is 0 Å². The largest absolute Gasteiger partial charge is 0.375 e. The quantitative estimate of drug-likeness (QED) is 0.781. The van der Waals surface area contributed by atoms with Gasteiger partial charge in [-0.25, -0.2) is 8.78 Å². The summed E-state index contributed by atoms with van der Waals surface area (Å²) in [6.45, 7) is 2.28. The molecular weight excluding hydrogens is 264 g/mol. The van der Waals surface area contributed by atoms with Crippen LogP contribution in [-0.4, -0.2) is 18.4 Å². The Morgan fingerprint density at radius 2 is 2.05 bits per heavy atom. The van der Waals surface area contributed by atoms with Gasteiger partial charge in [-0.15, -0.1) is 0 Å². The van der Waals surface area contributed by atoms with Crippen molar-refractivity contribution in [3.8, 4) is 0 Å². The van der Waals surface area contributed by atoms with Gasteiger partial charge in [0.05, 0.1) is 19.8 Å². The molecule has 5 heteroatoms. The maximum absolute atomic E-state index is 12.6. The first-order valence-electron chi connectivity index (χ1n) is 6.66. The average molecular weight is 282 g/mol. The Labute approximate surface area is 117 Å². The molecule has 1 N–H and O–H groups in total. The number of rotatable bonds is 7. The van der Waals surface area contributed by atoms with Crippen molar-refractivity contribution < 1.29 is 18.3 Å². The molecule has 0 spiro atoms. The number of alkyl halides is 2. The molecule has 0 unspecified atom stereocenters. The van der Waals surface area contributed by atoms with Crippen LogP contribution < -0.4 is 5.32 Å². The van der Waals surface area contributed by atoms with E-state index in [-0.39, 0.29) is 31.1 Å². The van der Waals surface area contributed by atoms with Crippen LogP contribution in [0.4, 0.5) is 8.78 Å². The van der Waals surface area contributed by atoms with Gasteiger partial charge in [0.2, 0.25) is 11.8 Å². The van der Waals surface area contributed by atoms with Crippen LogP contribution in [0.3, 0.4) is 0 Å². The molecule has 1 saturated carbocycles. The second kappa shape index (κ2) is 6.79. The predicted molar refractivity (Wildman–Crippen MR) is 70.8 cm³/mol. The van der Waals surface area contributed by atoms with E-state index in [0.717, 1.165) is 5.56 Å². The predicted octanol–water partition coefficient (Wildman–Crippen LogP) is 2.92. The SMILES string of the molecule is O=C(CC1CC(F)(F)C1)N[CH]COCc1ccccc1. The summed E-state index contributed by atoms with van der Waals surface area (Å²) in [5, 5.41) is 2.56. The molecule has 20 heavy (non-hydrogen) atoms. The van der Waals surface area contributed by atoms with Crippen LogP contribution in [0, 0.1) is 12.5 Å². The summed E-state index contributed by atoms with van der Waals surface area (Å²) in [5.74, 6) is -2.98. The van der Waals surface area contributed by atoms with Crippen LogP contribution >= 0.6 is 0 Å². The number of carbonyl (C=O) groups is 1. The van der Waals surface area contributed by atoms with Crippen LogP contribution in [0.25, 0.3) is 0 Å². The number of carbonyl (C=O) groups excluding carboxylic acids is 1. The van der Waals surface area contributed by atoms with E-state index in [1.807, 2.05) is 30.3 Å². The Balaban J connectivity index is 1.50. The summed E-state index contributed by atoms with van der Waals surface area (Å²) in [6.07, 6.45) is -0.194. The summed E-state index contributed by atoms with van der Waals surface area (Å²) < 4.78 is 30.5. The summed E-state index contributed by atoms with van der Waals surface area (Å²) >= 11 is 0. The number of halogens is 2. The molecule has 3 nitrogen and oxygen atoms in total. The zero-order chi connectivity index (χ0) is 14.4. The molecule has 0 saturated heterocycles. The Bertz CT molecular complexity index is 429. The summed E-state index contributed by atoms with van der Waals surface area (Å²) in [6, 6.07) is 9.70. The van der Waals surface area contributed by atoms with Gasteiger partial charge in [0, 0.05) is 19.3 Å². The lowest BCUT2D eigenvalue weighted by Gasteiger charge is -2.34. The Hall–Kier alpha value is -1.49. The maximum atomic E-state index is 12.6. The first-order valence-corrected chi connectivity index (χ1v) is 6.66. The zero-order valence-electron chi connectivity index (χ0n) is 11.1. The van der Waals surface area contributed by atoms with E-state index in [4.69, 9.17) is 4.74 Å². The lowest BCUT2D eigenvalue weighted by Crippen LogP contribution is -2.38.